The summed E-state index contributed by atoms with van der Waals surface area (Å²) in [5.74, 6) is -0.646. The van der Waals surface area contributed by atoms with Crippen LogP contribution in [0.5, 0.6) is 0 Å². The predicted molar refractivity (Wildman–Crippen MR) is 97.7 cm³/mol. The van der Waals surface area contributed by atoms with Gasteiger partial charge in [-0.15, -0.1) is 0 Å². The van der Waals surface area contributed by atoms with E-state index in [4.69, 9.17) is 4.74 Å². The third kappa shape index (κ3) is 2.45. The summed E-state index contributed by atoms with van der Waals surface area (Å²) in [6.07, 6.45) is 1.62. The van der Waals surface area contributed by atoms with E-state index >= 15 is 0 Å². The molecule has 0 aliphatic rings. The fourth-order valence-electron chi connectivity index (χ4n) is 3.02. The molecule has 3 heterocycles. The lowest BCUT2D eigenvalue weighted by atomic mass is 10.1. The smallest absolute Gasteiger partial charge is 0.343 e. The first-order valence-electron chi connectivity index (χ1n) is 8.24. The Morgan fingerprint density at radius 3 is 2.77 bits per heavy atom. The number of nitrogens with zero attached hydrogens (tertiary/aromatic N) is 3. The molecule has 3 aromatic heterocycles. The molecule has 4 aromatic rings. The Morgan fingerprint density at radius 1 is 1.27 bits per heavy atom. The van der Waals surface area contributed by atoms with Crippen LogP contribution in [0.4, 0.5) is 0 Å². The molecule has 0 spiro atoms. The third-order valence-corrected chi connectivity index (χ3v) is 4.18. The number of nitrogens with one attached hydrogen (secondary N) is 1. The van der Waals surface area contributed by atoms with Crippen LogP contribution in [0, 0.1) is 6.92 Å². The summed E-state index contributed by atoms with van der Waals surface area (Å²) in [4.78, 5) is 31.6. The number of esters is 1. The second-order valence-electron chi connectivity index (χ2n) is 5.85. The monoisotopic (exact) mass is 348 g/mol. The van der Waals surface area contributed by atoms with Crippen molar-refractivity contribution < 1.29 is 9.53 Å². The zero-order valence-electron chi connectivity index (χ0n) is 14.3. The van der Waals surface area contributed by atoms with E-state index in [1.165, 1.54) is 6.07 Å². The molecule has 0 radical (unpaired) electrons. The minimum absolute atomic E-state index is 0.0337. The zero-order chi connectivity index (χ0) is 18.3. The molecule has 1 aromatic carbocycles. The average Bonchev–Trinajstić information content (AvgIpc) is 2.99. The van der Waals surface area contributed by atoms with E-state index in [2.05, 4.69) is 15.1 Å². The summed E-state index contributed by atoms with van der Waals surface area (Å²) in [5.41, 5.74) is 2.34. The van der Waals surface area contributed by atoms with Crippen molar-refractivity contribution in [1.82, 2.24) is 19.7 Å². The number of pyridine rings is 2. The van der Waals surface area contributed by atoms with Crippen LogP contribution in [0.3, 0.4) is 0 Å². The number of hydrogen-bond acceptors (Lipinski definition) is 5. The van der Waals surface area contributed by atoms with E-state index in [0.717, 1.165) is 16.8 Å². The summed E-state index contributed by atoms with van der Waals surface area (Å²) < 4.78 is 6.67. The molecule has 7 nitrogen and oxygen atoms in total. The van der Waals surface area contributed by atoms with Gasteiger partial charge in [-0.1, -0.05) is 18.2 Å². The Kier molecular flexibility index (Phi) is 3.76. The Bertz CT molecular complexity index is 1190. The van der Waals surface area contributed by atoms with Crippen molar-refractivity contribution in [3.8, 4) is 5.69 Å². The van der Waals surface area contributed by atoms with Gasteiger partial charge in [0.25, 0.3) is 5.56 Å². The van der Waals surface area contributed by atoms with E-state index in [1.807, 2.05) is 37.3 Å². The van der Waals surface area contributed by atoms with Gasteiger partial charge in [0.05, 0.1) is 28.9 Å². The molecule has 4 rings (SSSR count). The molecule has 26 heavy (non-hydrogen) atoms. The number of para-hydroxylation sites is 1. The van der Waals surface area contributed by atoms with Crippen LogP contribution in [0.25, 0.3) is 27.6 Å². The SMILES string of the molecule is CCOC(=O)c1cc2cnc3c(c(C)nn3-c3ccccc3)c2[nH]c1=O. The van der Waals surface area contributed by atoms with Crippen LogP contribution in [0.2, 0.25) is 0 Å². The fraction of sp³-hybridized carbons (Fsp3) is 0.158. The number of benzene rings is 1. The number of H-pyrrole nitrogens is 1. The second kappa shape index (κ2) is 6.11. The van der Waals surface area contributed by atoms with Crippen LogP contribution in [0.1, 0.15) is 23.0 Å². The average molecular weight is 348 g/mol. The van der Waals surface area contributed by atoms with Gasteiger partial charge >= 0.3 is 5.97 Å². The van der Waals surface area contributed by atoms with Crippen molar-refractivity contribution >= 4 is 27.9 Å². The first kappa shape index (κ1) is 16.0. The van der Waals surface area contributed by atoms with Crippen molar-refractivity contribution in [2.75, 3.05) is 6.61 Å². The maximum Gasteiger partial charge on any atom is 0.343 e. The zero-order valence-corrected chi connectivity index (χ0v) is 14.3. The highest BCUT2D eigenvalue weighted by atomic mass is 16.5. The van der Waals surface area contributed by atoms with E-state index in [-0.39, 0.29) is 12.2 Å². The minimum atomic E-state index is -0.646. The predicted octanol–water partition coefficient (Wildman–Crippen LogP) is 2.75. The Hall–Kier alpha value is -3.48. The van der Waals surface area contributed by atoms with E-state index in [1.54, 1.807) is 17.8 Å². The van der Waals surface area contributed by atoms with Gasteiger partial charge in [0.15, 0.2) is 5.65 Å². The van der Waals surface area contributed by atoms with E-state index in [0.29, 0.717) is 16.6 Å². The van der Waals surface area contributed by atoms with E-state index in [9.17, 15) is 9.59 Å². The second-order valence-corrected chi connectivity index (χ2v) is 5.85. The minimum Gasteiger partial charge on any atom is -0.462 e. The lowest BCUT2D eigenvalue weighted by Crippen LogP contribution is -2.19. The Morgan fingerprint density at radius 2 is 2.04 bits per heavy atom. The van der Waals surface area contributed by atoms with Crippen LogP contribution in [0.15, 0.2) is 47.4 Å². The maximum absolute atomic E-state index is 12.4. The Labute approximate surface area is 148 Å². The first-order valence-corrected chi connectivity index (χ1v) is 8.24. The molecule has 0 bridgehead atoms. The third-order valence-electron chi connectivity index (χ3n) is 4.18. The molecule has 0 fully saturated rings. The number of ether oxygens (including phenoxy) is 1. The molecule has 0 saturated heterocycles. The lowest BCUT2D eigenvalue weighted by Gasteiger charge is -2.05. The largest absolute Gasteiger partial charge is 0.462 e. The number of fused-ring (bicyclic) bond motifs is 3. The van der Waals surface area contributed by atoms with Crippen molar-refractivity contribution in [2.24, 2.45) is 0 Å². The fourth-order valence-corrected chi connectivity index (χ4v) is 3.02. The summed E-state index contributed by atoms with van der Waals surface area (Å²) in [7, 11) is 0. The standard InChI is InChI=1S/C19H16N4O3/c1-3-26-19(25)14-9-12-10-20-17-15(16(12)21-18(14)24)11(2)22-23(17)13-7-5-4-6-8-13/h4-10H,3H2,1-2H3,(H,21,24). The highest BCUT2D eigenvalue weighted by molar-refractivity contribution is 6.05. The molecule has 130 valence electrons. The number of carbonyl (C=O) groups is 1. The topological polar surface area (TPSA) is 89.9 Å². The van der Waals surface area contributed by atoms with Gasteiger partial charge in [-0.2, -0.15) is 5.10 Å². The van der Waals surface area contributed by atoms with Crippen LogP contribution < -0.4 is 5.56 Å². The summed E-state index contributed by atoms with van der Waals surface area (Å²) in [6, 6.07) is 11.2. The van der Waals surface area contributed by atoms with Gasteiger partial charge < -0.3 is 9.72 Å². The Balaban J connectivity index is 1.99. The summed E-state index contributed by atoms with van der Waals surface area (Å²) in [5, 5.41) is 5.97. The van der Waals surface area contributed by atoms with Gasteiger partial charge in [-0.25, -0.2) is 14.5 Å². The van der Waals surface area contributed by atoms with Crippen molar-refractivity contribution in [3.63, 3.8) is 0 Å². The summed E-state index contributed by atoms with van der Waals surface area (Å²) >= 11 is 0. The number of rotatable bonds is 3. The summed E-state index contributed by atoms with van der Waals surface area (Å²) in [6.45, 7) is 3.76. The number of aromatic amines is 1. The highest BCUT2D eigenvalue weighted by Gasteiger charge is 2.18. The van der Waals surface area contributed by atoms with Gasteiger partial charge in [0.2, 0.25) is 0 Å². The molecule has 0 aliphatic carbocycles. The van der Waals surface area contributed by atoms with Gasteiger partial charge in [0.1, 0.15) is 5.56 Å². The van der Waals surface area contributed by atoms with Crippen LogP contribution >= 0.6 is 0 Å². The first-order chi connectivity index (χ1) is 12.6. The molecule has 1 N–H and O–H groups in total. The molecular formula is C19H16N4O3. The lowest BCUT2D eigenvalue weighted by molar-refractivity contribution is 0.0524. The van der Waals surface area contributed by atoms with Gasteiger partial charge in [-0.3, -0.25) is 4.79 Å². The highest BCUT2D eigenvalue weighted by Crippen LogP contribution is 2.26. The molecule has 0 amide bonds. The molecular weight excluding hydrogens is 332 g/mol. The molecule has 0 atom stereocenters. The quantitative estimate of drug-likeness (QED) is 0.575. The number of hydrogen-bond donors (Lipinski definition) is 1. The normalized spacial score (nSPS) is 11.2. The van der Waals surface area contributed by atoms with Crippen molar-refractivity contribution in [3.05, 3.63) is 64.2 Å². The number of aromatic nitrogens is 4. The molecule has 7 heteroatoms. The number of carbonyl (C=O) groups excluding carboxylic acids is 1. The maximum atomic E-state index is 12.4. The molecule has 0 aliphatic heterocycles. The van der Waals surface area contributed by atoms with Crippen LogP contribution in [-0.4, -0.2) is 32.3 Å². The number of aryl methyl sites for hydroxylation is 1. The van der Waals surface area contributed by atoms with Gasteiger partial charge in [-0.05, 0) is 32.0 Å². The van der Waals surface area contributed by atoms with Gasteiger partial charge in [0, 0.05) is 11.6 Å². The molecule has 0 unspecified atom stereocenters. The molecule has 0 saturated carbocycles. The van der Waals surface area contributed by atoms with Crippen molar-refractivity contribution in [1.29, 1.82) is 0 Å². The van der Waals surface area contributed by atoms with Crippen molar-refractivity contribution in [2.45, 2.75) is 13.8 Å². The van der Waals surface area contributed by atoms with E-state index < -0.39 is 11.5 Å². The van der Waals surface area contributed by atoms with Crippen LogP contribution in [-0.2, 0) is 4.74 Å².